The third-order valence-corrected chi connectivity index (χ3v) is 5.72. The van der Waals surface area contributed by atoms with Crippen LogP contribution < -0.4 is 4.90 Å². The van der Waals surface area contributed by atoms with Crippen molar-refractivity contribution in [1.29, 1.82) is 0 Å². The Balaban J connectivity index is 0.000000611. The summed E-state index contributed by atoms with van der Waals surface area (Å²) in [5.41, 5.74) is 6.75. The Kier molecular flexibility index (Phi) is 16.5. The highest BCUT2D eigenvalue weighted by molar-refractivity contribution is 5.62. The molecule has 224 valence electrons. The molecule has 4 heteroatoms. The van der Waals surface area contributed by atoms with E-state index >= 15 is 0 Å². The van der Waals surface area contributed by atoms with E-state index in [1.165, 1.54) is 16.7 Å². The van der Waals surface area contributed by atoms with Crippen LogP contribution in [0.3, 0.4) is 0 Å². The summed E-state index contributed by atoms with van der Waals surface area (Å²) in [7, 11) is 10.0. The predicted octanol–water partition coefficient (Wildman–Crippen LogP) is 9.30. The van der Waals surface area contributed by atoms with Crippen molar-refractivity contribution in [3.63, 3.8) is 0 Å². The Labute approximate surface area is 252 Å². The van der Waals surface area contributed by atoms with Gasteiger partial charge in [0.05, 0.1) is 5.69 Å². The van der Waals surface area contributed by atoms with E-state index in [-0.39, 0.29) is 18.3 Å². The van der Waals surface area contributed by atoms with E-state index in [0.29, 0.717) is 0 Å². The highest BCUT2D eigenvalue weighted by atomic mass is 15.1. The third kappa shape index (κ3) is 15.8. The van der Waals surface area contributed by atoms with Crippen molar-refractivity contribution >= 4 is 5.82 Å². The highest BCUT2D eigenvalue weighted by Gasteiger charge is 2.13. The van der Waals surface area contributed by atoms with Crippen molar-refractivity contribution < 1.29 is 0 Å². The fourth-order valence-corrected chi connectivity index (χ4v) is 3.34. The number of hydrogen-bond donors (Lipinski definition) is 0. The number of aryl methyl sites for hydroxylation is 1. The van der Waals surface area contributed by atoms with Crippen LogP contribution in [0.2, 0.25) is 0 Å². The summed E-state index contributed by atoms with van der Waals surface area (Å²) in [6.45, 7) is 15.5. The zero-order valence-electron chi connectivity index (χ0n) is 27.0. The smallest absolute Gasteiger partial charge is 0.128 e. The summed E-state index contributed by atoms with van der Waals surface area (Å²) >= 11 is 0. The quantitative estimate of drug-likeness (QED) is 0.246. The Morgan fingerprint density at radius 1 is 0.561 bits per heavy atom. The SMILES string of the molecule is C.CN(C)C.CN(C)c1cccc(-c2ccc(C(C)(C)C)cc2)n1.Cc1ccc(C(C)(C)C)cc1.c1ccncc1. The van der Waals surface area contributed by atoms with Gasteiger partial charge in [0.15, 0.2) is 0 Å². The molecule has 2 aromatic heterocycles. The van der Waals surface area contributed by atoms with Gasteiger partial charge in [-0.05, 0) is 74.3 Å². The van der Waals surface area contributed by atoms with Crippen molar-refractivity contribution in [1.82, 2.24) is 14.9 Å². The summed E-state index contributed by atoms with van der Waals surface area (Å²) in [5, 5.41) is 0. The van der Waals surface area contributed by atoms with Crippen LogP contribution in [0.15, 0.2) is 97.3 Å². The molecule has 2 heterocycles. The van der Waals surface area contributed by atoms with Crippen LogP contribution in [0.4, 0.5) is 5.82 Å². The molecule has 0 bridgehead atoms. The van der Waals surface area contributed by atoms with Crippen LogP contribution in [0, 0.1) is 6.92 Å². The maximum Gasteiger partial charge on any atom is 0.128 e. The summed E-state index contributed by atoms with van der Waals surface area (Å²) in [4.78, 5) is 12.5. The average Bonchev–Trinajstić information content (AvgIpc) is 2.89. The molecule has 0 aliphatic heterocycles. The lowest BCUT2D eigenvalue weighted by Gasteiger charge is -2.19. The summed E-state index contributed by atoms with van der Waals surface area (Å²) in [6, 6.07) is 29.3. The molecule has 0 saturated carbocycles. The van der Waals surface area contributed by atoms with Crippen molar-refractivity contribution in [2.24, 2.45) is 0 Å². The van der Waals surface area contributed by atoms with Gasteiger partial charge in [0.1, 0.15) is 5.82 Å². The van der Waals surface area contributed by atoms with E-state index < -0.39 is 0 Å². The first kappa shape index (κ1) is 37.5. The largest absolute Gasteiger partial charge is 0.363 e. The molecular weight excluding hydrogens is 500 g/mol. The molecule has 0 unspecified atom stereocenters. The van der Waals surface area contributed by atoms with E-state index in [4.69, 9.17) is 0 Å². The normalized spacial score (nSPS) is 10.5. The van der Waals surface area contributed by atoms with E-state index in [2.05, 4.69) is 119 Å². The molecule has 4 nitrogen and oxygen atoms in total. The van der Waals surface area contributed by atoms with Gasteiger partial charge < -0.3 is 9.80 Å². The van der Waals surface area contributed by atoms with Crippen molar-refractivity contribution in [3.05, 3.63) is 114 Å². The standard InChI is InChI=1S/C17H22N2.C11H16.C5H5N.C3H9N.CH4/c1-17(2,3)14-11-9-13(10-12-14)15-7-6-8-16(18-15)19(4)5;1-9-5-7-10(8-6-9)11(2,3)4;1-2-4-6-5-3-1;1-4(2)3;/h6-12H,1-5H3;5-8H,1-4H3;1-5H;1-3H3;1H4. The molecule has 0 aliphatic carbocycles. The van der Waals surface area contributed by atoms with Gasteiger partial charge in [-0.1, -0.05) is 115 Å². The van der Waals surface area contributed by atoms with Crippen molar-refractivity contribution in [2.45, 2.75) is 66.7 Å². The lowest BCUT2D eigenvalue weighted by Crippen LogP contribution is -2.11. The predicted molar refractivity (Wildman–Crippen MR) is 183 cm³/mol. The molecule has 4 aromatic rings. The summed E-state index contributed by atoms with van der Waals surface area (Å²) in [5.74, 6) is 0.984. The molecule has 0 radical (unpaired) electrons. The second kappa shape index (κ2) is 18.0. The molecule has 0 N–H and O–H groups in total. The van der Waals surface area contributed by atoms with Crippen LogP contribution in [-0.4, -0.2) is 50.1 Å². The Bertz CT molecular complexity index is 1170. The van der Waals surface area contributed by atoms with Gasteiger partial charge in [-0.2, -0.15) is 0 Å². The molecule has 0 atom stereocenters. The Morgan fingerprint density at radius 2 is 1.00 bits per heavy atom. The zero-order chi connectivity index (χ0) is 30.3. The van der Waals surface area contributed by atoms with Crippen LogP contribution in [0.1, 0.15) is 65.7 Å². The van der Waals surface area contributed by atoms with Gasteiger partial charge in [-0.3, -0.25) is 4.98 Å². The van der Waals surface area contributed by atoms with Gasteiger partial charge >= 0.3 is 0 Å². The first-order chi connectivity index (χ1) is 18.6. The fourth-order valence-electron chi connectivity index (χ4n) is 3.34. The van der Waals surface area contributed by atoms with Gasteiger partial charge in [-0.15, -0.1) is 0 Å². The number of rotatable bonds is 2. The number of nitrogens with zero attached hydrogens (tertiary/aromatic N) is 4. The molecule has 0 spiro atoms. The minimum Gasteiger partial charge on any atom is -0.363 e. The van der Waals surface area contributed by atoms with Crippen molar-refractivity contribution in [2.75, 3.05) is 40.1 Å². The van der Waals surface area contributed by atoms with Gasteiger partial charge in [0.2, 0.25) is 0 Å². The molecule has 41 heavy (non-hydrogen) atoms. The number of hydrogen-bond acceptors (Lipinski definition) is 4. The van der Waals surface area contributed by atoms with Crippen molar-refractivity contribution in [3.8, 4) is 11.3 Å². The van der Waals surface area contributed by atoms with Gasteiger partial charge in [-0.25, -0.2) is 4.98 Å². The van der Waals surface area contributed by atoms with Gasteiger partial charge in [0, 0.05) is 32.1 Å². The van der Waals surface area contributed by atoms with Crippen LogP contribution >= 0.6 is 0 Å². The first-order valence-electron chi connectivity index (χ1n) is 13.9. The van der Waals surface area contributed by atoms with Crippen LogP contribution in [-0.2, 0) is 10.8 Å². The molecule has 0 fully saturated rings. The maximum atomic E-state index is 4.66. The molecular formula is C37H56N4. The van der Waals surface area contributed by atoms with E-state index in [1.807, 2.05) is 69.3 Å². The summed E-state index contributed by atoms with van der Waals surface area (Å²) < 4.78 is 0. The Morgan fingerprint density at radius 3 is 1.34 bits per heavy atom. The van der Waals surface area contributed by atoms with E-state index in [1.54, 1.807) is 12.4 Å². The Hall–Kier alpha value is -3.50. The van der Waals surface area contributed by atoms with Gasteiger partial charge in [0.25, 0.3) is 0 Å². The minimum atomic E-state index is 0. The first-order valence-corrected chi connectivity index (χ1v) is 13.9. The second-order valence-electron chi connectivity index (χ2n) is 12.6. The highest BCUT2D eigenvalue weighted by Crippen LogP contribution is 2.26. The number of anilines is 1. The lowest BCUT2D eigenvalue weighted by molar-refractivity contribution is 0.505. The summed E-state index contributed by atoms with van der Waals surface area (Å²) in [6.07, 6.45) is 3.50. The second-order valence-corrected chi connectivity index (χ2v) is 12.6. The molecule has 0 aliphatic rings. The number of benzene rings is 2. The van der Waals surface area contributed by atoms with E-state index in [0.717, 1.165) is 17.1 Å². The number of pyridine rings is 2. The van der Waals surface area contributed by atoms with E-state index in [9.17, 15) is 0 Å². The third-order valence-electron chi connectivity index (χ3n) is 5.72. The zero-order valence-corrected chi connectivity index (χ0v) is 27.0. The maximum absolute atomic E-state index is 4.66. The van der Waals surface area contributed by atoms with Crippen LogP contribution in [0.25, 0.3) is 11.3 Å². The molecule has 0 amide bonds. The number of aromatic nitrogens is 2. The monoisotopic (exact) mass is 556 g/mol. The van der Waals surface area contributed by atoms with Crippen LogP contribution in [0.5, 0.6) is 0 Å². The topological polar surface area (TPSA) is 32.3 Å². The lowest BCUT2D eigenvalue weighted by atomic mass is 9.86. The molecule has 0 saturated heterocycles. The average molecular weight is 557 g/mol. The fraction of sp³-hybridized carbons (Fsp3) is 0.405. The minimum absolute atomic E-state index is 0. The molecule has 2 aromatic carbocycles. The molecule has 4 rings (SSSR count).